The highest BCUT2D eigenvalue weighted by atomic mass is 15.3. The van der Waals surface area contributed by atoms with Crippen molar-refractivity contribution in [1.82, 2.24) is 9.80 Å². The number of rotatable bonds is 1. The molecular weight excluding hydrogens is 148 g/mol. The molecule has 0 N–H and O–H groups in total. The molecule has 0 aromatic rings. The van der Waals surface area contributed by atoms with Crippen molar-refractivity contribution >= 4 is 0 Å². The molecule has 0 bridgehead atoms. The van der Waals surface area contributed by atoms with E-state index < -0.39 is 0 Å². The molecule has 2 nitrogen and oxygen atoms in total. The molecule has 0 saturated carbocycles. The quantitative estimate of drug-likeness (QED) is 0.580. The summed E-state index contributed by atoms with van der Waals surface area (Å²) in [5, 5.41) is 0. The number of nitrogens with zero attached hydrogens (tertiary/aromatic N) is 2. The summed E-state index contributed by atoms with van der Waals surface area (Å²) in [4.78, 5) is 5.12. The molecule has 2 saturated heterocycles. The lowest BCUT2D eigenvalue weighted by molar-refractivity contribution is -0.0203. The van der Waals surface area contributed by atoms with E-state index in [9.17, 15) is 0 Å². The zero-order valence-corrected chi connectivity index (χ0v) is 8.51. The third kappa shape index (κ3) is 1.27. The molecule has 2 rings (SSSR count). The van der Waals surface area contributed by atoms with Gasteiger partial charge >= 0.3 is 0 Å². The first-order valence-corrected chi connectivity index (χ1v) is 5.05. The van der Waals surface area contributed by atoms with Crippen LogP contribution in [0, 0.1) is 0 Å². The largest absolute Gasteiger partial charge is 0.305 e. The maximum Gasteiger partial charge on any atom is 0.0240 e. The number of hydrogen-bond donors (Lipinski definition) is 0. The molecule has 2 fully saturated rings. The second-order valence-corrected chi connectivity index (χ2v) is 4.96. The Kier molecular flexibility index (Phi) is 1.92. The molecule has 0 aromatic heterocycles. The molecule has 0 radical (unpaired) electrons. The molecule has 2 aliphatic heterocycles. The molecule has 1 unspecified atom stereocenters. The minimum absolute atomic E-state index is 0.496. The maximum atomic E-state index is 2.68. The van der Waals surface area contributed by atoms with Crippen LogP contribution in [0.3, 0.4) is 0 Å². The van der Waals surface area contributed by atoms with E-state index in [1.165, 1.54) is 32.5 Å². The Balaban J connectivity index is 1.93. The standard InChI is InChI=1S/C10H20N2/c1-10(2)5-7-12(10)9-4-6-11(3)8-9/h9H,4-8H2,1-3H3. The van der Waals surface area contributed by atoms with Crippen molar-refractivity contribution in [1.29, 1.82) is 0 Å². The lowest BCUT2D eigenvalue weighted by Gasteiger charge is -2.52. The highest BCUT2D eigenvalue weighted by Crippen LogP contribution is 2.34. The zero-order chi connectivity index (χ0) is 8.77. The van der Waals surface area contributed by atoms with Crippen molar-refractivity contribution in [3.63, 3.8) is 0 Å². The van der Waals surface area contributed by atoms with Crippen molar-refractivity contribution in [2.75, 3.05) is 26.7 Å². The SMILES string of the molecule is CN1CCC(N2CCC2(C)C)C1. The highest BCUT2D eigenvalue weighted by molar-refractivity contribution is 4.98. The maximum absolute atomic E-state index is 2.68. The smallest absolute Gasteiger partial charge is 0.0240 e. The Labute approximate surface area is 75.5 Å². The van der Waals surface area contributed by atoms with E-state index in [4.69, 9.17) is 0 Å². The van der Waals surface area contributed by atoms with Gasteiger partial charge in [0.25, 0.3) is 0 Å². The first-order chi connectivity index (χ1) is 5.59. The summed E-state index contributed by atoms with van der Waals surface area (Å²) in [6.45, 7) is 8.63. The van der Waals surface area contributed by atoms with Gasteiger partial charge in [-0.25, -0.2) is 0 Å². The third-order valence-corrected chi connectivity index (χ3v) is 3.55. The molecule has 0 spiro atoms. The van der Waals surface area contributed by atoms with Gasteiger partial charge in [0.1, 0.15) is 0 Å². The van der Waals surface area contributed by atoms with E-state index >= 15 is 0 Å². The number of likely N-dealkylation sites (N-methyl/N-ethyl adjacent to an activating group) is 1. The van der Waals surface area contributed by atoms with Crippen LogP contribution in [-0.2, 0) is 0 Å². The second kappa shape index (κ2) is 2.71. The average Bonchev–Trinajstić information content (AvgIpc) is 2.34. The number of hydrogen-bond acceptors (Lipinski definition) is 2. The van der Waals surface area contributed by atoms with Crippen LogP contribution in [-0.4, -0.2) is 48.1 Å². The molecular formula is C10H20N2. The molecule has 2 heteroatoms. The van der Waals surface area contributed by atoms with Gasteiger partial charge in [0.2, 0.25) is 0 Å². The lowest BCUT2D eigenvalue weighted by Crippen LogP contribution is -2.60. The topological polar surface area (TPSA) is 6.48 Å². The molecule has 2 heterocycles. The van der Waals surface area contributed by atoms with Crippen LogP contribution < -0.4 is 0 Å². The van der Waals surface area contributed by atoms with Crippen LogP contribution in [0.25, 0.3) is 0 Å². The van der Waals surface area contributed by atoms with Crippen molar-refractivity contribution < 1.29 is 0 Å². The van der Waals surface area contributed by atoms with Gasteiger partial charge in [0, 0.05) is 24.7 Å². The van der Waals surface area contributed by atoms with Crippen molar-refractivity contribution in [2.24, 2.45) is 0 Å². The average molecular weight is 168 g/mol. The lowest BCUT2D eigenvalue weighted by atomic mass is 9.86. The molecule has 0 aromatic carbocycles. The predicted octanol–water partition coefficient (Wildman–Crippen LogP) is 1.17. The van der Waals surface area contributed by atoms with E-state index in [2.05, 4.69) is 30.7 Å². The van der Waals surface area contributed by atoms with Crippen molar-refractivity contribution in [3.05, 3.63) is 0 Å². The Morgan fingerprint density at radius 2 is 2.00 bits per heavy atom. The van der Waals surface area contributed by atoms with E-state index in [0.29, 0.717) is 5.54 Å². The highest BCUT2D eigenvalue weighted by Gasteiger charge is 2.41. The third-order valence-electron chi connectivity index (χ3n) is 3.55. The second-order valence-electron chi connectivity index (χ2n) is 4.96. The Bertz CT molecular complexity index is 177. The van der Waals surface area contributed by atoms with Crippen LogP contribution >= 0.6 is 0 Å². The molecule has 0 amide bonds. The monoisotopic (exact) mass is 168 g/mol. The molecule has 0 aliphatic carbocycles. The van der Waals surface area contributed by atoms with Crippen LogP contribution in [0.5, 0.6) is 0 Å². The van der Waals surface area contributed by atoms with Gasteiger partial charge in [-0.1, -0.05) is 0 Å². The summed E-state index contributed by atoms with van der Waals surface area (Å²) in [7, 11) is 2.23. The van der Waals surface area contributed by atoms with Crippen LogP contribution in [0.15, 0.2) is 0 Å². The summed E-state index contributed by atoms with van der Waals surface area (Å²) in [6, 6.07) is 0.846. The fourth-order valence-electron chi connectivity index (χ4n) is 2.53. The normalized spacial score (nSPS) is 36.8. The molecule has 12 heavy (non-hydrogen) atoms. The summed E-state index contributed by atoms with van der Waals surface area (Å²) >= 11 is 0. The van der Waals surface area contributed by atoms with Gasteiger partial charge < -0.3 is 4.90 Å². The Hall–Kier alpha value is -0.0800. The minimum atomic E-state index is 0.496. The van der Waals surface area contributed by atoms with E-state index in [1.54, 1.807) is 0 Å². The molecule has 1 atom stereocenters. The van der Waals surface area contributed by atoms with E-state index in [1.807, 2.05) is 0 Å². The Morgan fingerprint density at radius 3 is 2.33 bits per heavy atom. The van der Waals surface area contributed by atoms with E-state index in [-0.39, 0.29) is 0 Å². The first-order valence-electron chi connectivity index (χ1n) is 5.05. The van der Waals surface area contributed by atoms with Gasteiger partial charge in [-0.05, 0) is 40.3 Å². The fraction of sp³-hybridized carbons (Fsp3) is 1.00. The van der Waals surface area contributed by atoms with Gasteiger partial charge in [0.05, 0.1) is 0 Å². The molecule has 2 aliphatic rings. The fourth-order valence-corrected chi connectivity index (χ4v) is 2.53. The van der Waals surface area contributed by atoms with Crippen LogP contribution in [0.2, 0.25) is 0 Å². The van der Waals surface area contributed by atoms with Crippen LogP contribution in [0.4, 0.5) is 0 Å². The first kappa shape index (κ1) is 8.52. The van der Waals surface area contributed by atoms with Gasteiger partial charge in [-0.15, -0.1) is 0 Å². The predicted molar refractivity (Wildman–Crippen MR) is 51.3 cm³/mol. The minimum Gasteiger partial charge on any atom is -0.305 e. The zero-order valence-electron chi connectivity index (χ0n) is 8.51. The van der Waals surface area contributed by atoms with Crippen LogP contribution in [0.1, 0.15) is 26.7 Å². The van der Waals surface area contributed by atoms with E-state index in [0.717, 1.165) is 6.04 Å². The molecule has 70 valence electrons. The summed E-state index contributed by atoms with van der Waals surface area (Å²) in [5.41, 5.74) is 0.496. The Morgan fingerprint density at radius 1 is 1.25 bits per heavy atom. The van der Waals surface area contributed by atoms with Crippen molar-refractivity contribution in [3.8, 4) is 0 Å². The summed E-state index contributed by atoms with van der Waals surface area (Å²) in [6.07, 6.45) is 2.76. The summed E-state index contributed by atoms with van der Waals surface area (Å²) in [5.74, 6) is 0. The van der Waals surface area contributed by atoms with Gasteiger partial charge in [-0.2, -0.15) is 0 Å². The summed E-state index contributed by atoms with van der Waals surface area (Å²) < 4.78 is 0. The van der Waals surface area contributed by atoms with Crippen molar-refractivity contribution in [2.45, 2.75) is 38.3 Å². The van der Waals surface area contributed by atoms with Gasteiger partial charge in [-0.3, -0.25) is 4.90 Å². The number of likely N-dealkylation sites (tertiary alicyclic amines) is 2. The van der Waals surface area contributed by atoms with Gasteiger partial charge in [0.15, 0.2) is 0 Å².